The fourth-order valence-corrected chi connectivity index (χ4v) is 6.98. The molecule has 0 nitrogen and oxygen atoms in total. The smallest absolute Gasteiger partial charge is 0.0137 e. The number of allylic oxidation sites excluding steroid dienone is 4. The third-order valence-electron chi connectivity index (χ3n) is 8.69. The predicted molar refractivity (Wildman–Crippen MR) is 169 cm³/mol. The summed E-state index contributed by atoms with van der Waals surface area (Å²) in [7, 11) is 0. The third kappa shape index (κ3) is 3.53. The maximum absolute atomic E-state index is 2.42. The Balaban J connectivity index is 1.49. The van der Waals surface area contributed by atoms with Crippen LogP contribution in [0.15, 0.2) is 158 Å². The number of fused-ring (bicyclic) bond motifs is 4. The topological polar surface area (TPSA) is 0 Å². The van der Waals surface area contributed by atoms with Crippen molar-refractivity contribution in [1.82, 2.24) is 0 Å². The van der Waals surface area contributed by atoms with Gasteiger partial charge in [0, 0.05) is 11.8 Å². The average molecular weight is 509 g/mol. The van der Waals surface area contributed by atoms with Crippen LogP contribution in [0.1, 0.15) is 11.1 Å². The van der Waals surface area contributed by atoms with Crippen molar-refractivity contribution in [3.05, 3.63) is 179 Å². The van der Waals surface area contributed by atoms with Gasteiger partial charge >= 0.3 is 0 Å². The number of hydrogen-bond donors (Lipinski definition) is 0. The second kappa shape index (κ2) is 9.36. The van der Waals surface area contributed by atoms with Crippen molar-refractivity contribution < 1.29 is 0 Å². The highest BCUT2D eigenvalue weighted by Gasteiger charge is 2.33. The van der Waals surface area contributed by atoms with Crippen LogP contribution in [0, 0.1) is 11.8 Å². The van der Waals surface area contributed by atoms with Crippen molar-refractivity contribution >= 4 is 32.7 Å². The van der Waals surface area contributed by atoms with Crippen LogP contribution < -0.4 is 10.4 Å². The predicted octanol–water partition coefficient (Wildman–Crippen LogP) is 8.43. The van der Waals surface area contributed by atoms with Crippen LogP contribution in [0.2, 0.25) is 0 Å². The van der Waals surface area contributed by atoms with E-state index in [1.807, 2.05) is 0 Å². The molecule has 6 aromatic carbocycles. The van der Waals surface area contributed by atoms with Crippen LogP contribution in [-0.4, -0.2) is 0 Å². The first-order valence-corrected chi connectivity index (χ1v) is 14.1. The Hall–Kier alpha value is -4.94. The molecule has 8 rings (SSSR count). The summed E-state index contributed by atoms with van der Waals surface area (Å²) in [4.78, 5) is 0. The molecule has 0 heteroatoms. The minimum Gasteiger partial charge on any atom is -0.0760 e. The Labute approximate surface area is 234 Å². The van der Waals surface area contributed by atoms with E-state index in [0.717, 1.165) is 0 Å². The molecule has 40 heavy (non-hydrogen) atoms. The number of hydrogen-bond acceptors (Lipinski definition) is 0. The van der Waals surface area contributed by atoms with Gasteiger partial charge in [0.15, 0.2) is 0 Å². The van der Waals surface area contributed by atoms with Gasteiger partial charge in [-0.2, -0.15) is 0 Å². The van der Waals surface area contributed by atoms with Crippen molar-refractivity contribution in [2.75, 3.05) is 0 Å². The highest BCUT2D eigenvalue weighted by atomic mass is 14.4. The lowest BCUT2D eigenvalue weighted by Gasteiger charge is -2.34. The Morgan fingerprint density at radius 1 is 0.350 bits per heavy atom. The summed E-state index contributed by atoms with van der Waals surface area (Å²) < 4.78 is 0. The monoisotopic (exact) mass is 508 g/mol. The second-order valence-corrected chi connectivity index (χ2v) is 10.8. The number of benzene rings is 6. The van der Waals surface area contributed by atoms with Gasteiger partial charge in [0.05, 0.1) is 0 Å². The normalized spacial score (nSPS) is 17.7. The molecule has 0 radical (unpaired) electrons. The van der Waals surface area contributed by atoms with E-state index in [1.165, 1.54) is 65.4 Å². The first-order valence-electron chi connectivity index (χ1n) is 14.1. The molecule has 0 spiro atoms. The van der Waals surface area contributed by atoms with Gasteiger partial charge in [0.25, 0.3) is 0 Å². The quantitative estimate of drug-likeness (QED) is 0.225. The highest BCUT2D eigenvalue weighted by Crippen LogP contribution is 2.44. The SMILES string of the molecule is C1=CC2C(c3cccc4ccccc34)=c3ccccc3=C(c3ccc(-c4ccccc4)c4ccccc34)C2C=C1. The fourth-order valence-electron chi connectivity index (χ4n) is 6.98. The van der Waals surface area contributed by atoms with Crippen molar-refractivity contribution in [3.63, 3.8) is 0 Å². The van der Waals surface area contributed by atoms with Gasteiger partial charge in [0.2, 0.25) is 0 Å². The molecule has 0 bridgehead atoms. The van der Waals surface area contributed by atoms with Crippen molar-refractivity contribution in [3.8, 4) is 11.1 Å². The fraction of sp³-hybridized carbons (Fsp3) is 0.0500. The average Bonchev–Trinajstić information content (AvgIpc) is 3.03. The van der Waals surface area contributed by atoms with Gasteiger partial charge in [0.1, 0.15) is 0 Å². The Kier molecular flexibility index (Phi) is 5.38. The second-order valence-electron chi connectivity index (χ2n) is 10.8. The molecule has 2 aliphatic carbocycles. The zero-order chi connectivity index (χ0) is 26.5. The zero-order valence-electron chi connectivity index (χ0n) is 22.2. The molecular weight excluding hydrogens is 480 g/mol. The van der Waals surface area contributed by atoms with Gasteiger partial charge in [-0.25, -0.2) is 0 Å². The van der Waals surface area contributed by atoms with Gasteiger partial charge in [-0.3, -0.25) is 0 Å². The maximum Gasteiger partial charge on any atom is 0.0137 e. The summed E-state index contributed by atoms with van der Waals surface area (Å²) >= 11 is 0. The van der Waals surface area contributed by atoms with Crippen molar-refractivity contribution in [2.24, 2.45) is 11.8 Å². The van der Waals surface area contributed by atoms with E-state index in [-0.39, 0.29) is 11.8 Å². The van der Waals surface area contributed by atoms with E-state index in [0.29, 0.717) is 0 Å². The molecule has 0 heterocycles. The molecule has 0 saturated carbocycles. The molecule has 0 saturated heterocycles. The summed E-state index contributed by atoms with van der Waals surface area (Å²) in [6.07, 6.45) is 9.30. The van der Waals surface area contributed by atoms with Crippen LogP contribution in [0.4, 0.5) is 0 Å². The van der Waals surface area contributed by atoms with Crippen LogP contribution in [0.5, 0.6) is 0 Å². The minimum atomic E-state index is 0.250. The van der Waals surface area contributed by atoms with Crippen LogP contribution in [0.3, 0.4) is 0 Å². The summed E-state index contributed by atoms with van der Waals surface area (Å²) in [6.45, 7) is 0. The molecule has 6 aromatic rings. The van der Waals surface area contributed by atoms with E-state index in [4.69, 9.17) is 0 Å². The molecule has 0 aromatic heterocycles. The van der Waals surface area contributed by atoms with Crippen LogP contribution in [0.25, 0.3) is 43.8 Å². The first-order chi connectivity index (χ1) is 19.9. The molecule has 2 unspecified atom stereocenters. The molecule has 0 N–H and O–H groups in total. The Morgan fingerprint density at radius 2 is 0.850 bits per heavy atom. The van der Waals surface area contributed by atoms with E-state index >= 15 is 0 Å². The van der Waals surface area contributed by atoms with Gasteiger partial charge in [-0.15, -0.1) is 0 Å². The highest BCUT2D eigenvalue weighted by molar-refractivity contribution is 6.04. The molecule has 0 amide bonds. The molecule has 0 fully saturated rings. The van der Waals surface area contributed by atoms with Crippen LogP contribution >= 0.6 is 0 Å². The van der Waals surface area contributed by atoms with E-state index in [2.05, 4.69) is 158 Å². The molecule has 188 valence electrons. The van der Waals surface area contributed by atoms with Crippen molar-refractivity contribution in [1.29, 1.82) is 0 Å². The summed E-state index contributed by atoms with van der Waals surface area (Å²) in [5.74, 6) is 0.508. The largest absolute Gasteiger partial charge is 0.0760 e. The summed E-state index contributed by atoms with van der Waals surface area (Å²) in [5, 5.41) is 7.89. The van der Waals surface area contributed by atoms with Crippen LogP contribution in [-0.2, 0) is 0 Å². The maximum atomic E-state index is 2.42. The van der Waals surface area contributed by atoms with E-state index in [1.54, 1.807) is 0 Å². The lowest BCUT2D eigenvalue weighted by Crippen LogP contribution is -2.40. The van der Waals surface area contributed by atoms with Gasteiger partial charge in [-0.05, 0) is 65.4 Å². The first kappa shape index (κ1) is 23.0. The lowest BCUT2D eigenvalue weighted by molar-refractivity contribution is 0.687. The van der Waals surface area contributed by atoms with E-state index in [9.17, 15) is 0 Å². The van der Waals surface area contributed by atoms with E-state index < -0.39 is 0 Å². The molecular formula is C40H28. The summed E-state index contributed by atoms with van der Waals surface area (Å²) in [5.41, 5.74) is 8.04. The molecule has 0 aliphatic heterocycles. The van der Waals surface area contributed by atoms with Crippen molar-refractivity contribution in [2.45, 2.75) is 0 Å². The Bertz CT molecular complexity index is 2100. The summed E-state index contributed by atoms with van der Waals surface area (Å²) in [6, 6.07) is 48.9. The standard InChI is InChI=1S/C40H28/c1-2-13-27(14-3-1)30-25-26-38(32-19-7-6-18-31(30)32)40-36-22-10-8-20-34(36)39(35-21-9-11-23-37(35)40)33-24-12-16-28-15-4-5-17-29(28)33/h1-26,34,36H. The van der Waals surface area contributed by atoms with Gasteiger partial charge in [-0.1, -0.05) is 158 Å². The number of rotatable bonds is 3. The lowest BCUT2D eigenvalue weighted by atomic mass is 9.69. The third-order valence-corrected chi connectivity index (χ3v) is 8.69. The Morgan fingerprint density at radius 3 is 1.55 bits per heavy atom. The zero-order valence-corrected chi connectivity index (χ0v) is 22.2. The minimum absolute atomic E-state index is 0.250. The van der Waals surface area contributed by atoms with Gasteiger partial charge < -0.3 is 0 Å². The molecule has 2 aliphatic rings. The molecule has 2 atom stereocenters.